The van der Waals surface area contributed by atoms with Gasteiger partial charge in [-0.25, -0.2) is 4.79 Å². The summed E-state index contributed by atoms with van der Waals surface area (Å²) in [5.41, 5.74) is 0.0180. The molecule has 2 N–H and O–H groups in total. The van der Waals surface area contributed by atoms with Gasteiger partial charge in [0.05, 0.1) is 13.7 Å². The summed E-state index contributed by atoms with van der Waals surface area (Å²) in [7, 11) is 1.48. The molecule has 0 spiro atoms. The topological polar surface area (TPSA) is 85.2 Å². The van der Waals surface area contributed by atoms with Gasteiger partial charge in [-0.3, -0.25) is 0 Å². The van der Waals surface area contributed by atoms with Crippen LogP contribution in [0, 0.1) is 0 Å². The largest absolute Gasteiger partial charge is 0.497 e. The molecule has 0 saturated carbocycles. The van der Waals surface area contributed by atoms with E-state index in [-0.39, 0.29) is 24.5 Å². The van der Waals surface area contributed by atoms with E-state index in [9.17, 15) is 9.90 Å². The van der Waals surface area contributed by atoms with Crippen molar-refractivity contribution < 1.29 is 29.2 Å². The van der Waals surface area contributed by atoms with Crippen LogP contribution in [0.25, 0.3) is 0 Å². The van der Waals surface area contributed by atoms with Gasteiger partial charge >= 0.3 is 5.97 Å². The summed E-state index contributed by atoms with van der Waals surface area (Å²) in [6, 6.07) is 4.40. The van der Waals surface area contributed by atoms with Crippen molar-refractivity contribution in [3.63, 3.8) is 0 Å². The Morgan fingerprint density at radius 3 is 2.68 bits per heavy atom. The number of carboxylic acid groups (broad SMARTS) is 1. The molecule has 6 heteroatoms. The molecule has 0 aliphatic heterocycles. The van der Waals surface area contributed by atoms with Gasteiger partial charge in [0.25, 0.3) is 0 Å². The lowest BCUT2D eigenvalue weighted by molar-refractivity contribution is 0.0160. The van der Waals surface area contributed by atoms with Crippen molar-refractivity contribution >= 4 is 5.97 Å². The lowest BCUT2D eigenvalue weighted by Crippen LogP contribution is -2.24. The van der Waals surface area contributed by atoms with E-state index in [0.29, 0.717) is 12.4 Å². The first-order valence-electron chi connectivity index (χ1n) is 5.88. The third-order valence-electron chi connectivity index (χ3n) is 2.36. The summed E-state index contributed by atoms with van der Waals surface area (Å²) in [4.78, 5) is 11.0. The highest BCUT2D eigenvalue weighted by Gasteiger charge is 2.14. The molecule has 1 aromatic carbocycles. The van der Waals surface area contributed by atoms with Crippen LogP contribution in [0.2, 0.25) is 0 Å². The van der Waals surface area contributed by atoms with Gasteiger partial charge < -0.3 is 24.4 Å². The molecule has 0 amide bonds. The first kappa shape index (κ1) is 15.3. The minimum Gasteiger partial charge on any atom is -0.497 e. The van der Waals surface area contributed by atoms with Crippen molar-refractivity contribution in [2.45, 2.75) is 13.0 Å². The number of rotatable bonds is 8. The summed E-state index contributed by atoms with van der Waals surface area (Å²) in [5, 5.41) is 18.6. The van der Waals surface area contributed by atoms with Gasteiger partial charge in [0.15, 0.2) is 0 Å². The SMILES string of the molecule is CCOCC(O)COc1cc(OC)ccc1C(=O)O. The molecule has 0 aromatic heterocycles. The van der Waals surface area contributed by atoms with E-state index in [1.54, 1.807) is 0 Å². The maximum atomic E-state index is 11.0. The van der Waals surface area contributed by atoms with Crippen LogP contribution < -0.4 is 9.47 Å². The summed E-state index contributed by atoms with van der Waals surface area (Å²) >= 11 is 0. The van der Waals surface area contributed by atoms with Crippen molar-refractivity contribution in [2.75, 3.05) is 26.9 Å². The Morgan fingerprint density at radius 2 is 2.11 bits per heavy atom. The summed E-state index contributed by atoms with van der Waals surface area (Å²) in [6.45, 7) is 2.41. The van der Waals surface area contributed by atoms with Gasteiger partial charge in [0.1, 0.15) is 29.8 Å². The van der Waals surface area contributed by atoms with E-state index in [1.807, 2.05) is 6.92 Å². The molecule has 0 radical (unpaired) electrons. The number of methoxy groups -OCH3 is 1. The Labute approximate surface area is 111 Å². The van der Waals surface area contributed by atoms with E-state index >= 15 is 0 Å². The lowest BCUT2D eigenvalue weighted by atomic mass is 10.2. The maximum absolute atomic E-state index is 11.0. The Hall–Kier alpha value is -1.79. The standard InChI is InChI=1S/C13H18O6/c1-3-18-7-9(14)8-19-12-6-10(17-2)4-5-11(12)13(15)16/h4-6,9,14H,3,7-8H2,1-2H3,(H,15,16). The second kappa shape index (κ2) is 7.60. The molecular formula is C13H18O6. The average Bonchev–Trinajstić information content (AvgIpc) is 2.42. The van der Waals surface area contributed by atoms with Crippen LogP contribution in [0.1, 0.15) is 17.3 Å². The van der Waals surface area contributed by atoms with Crippen LogP contribution in [0.5, 0.6) is 11.5 Å². The fraction of sp³-hybridized carbons (Fsp3) is 0.462. The number of carbonyl (C=O) groups is 1. The second-order valence-corrected chi connectivity index (χ2v) is 3.79. The fourth-order valence-electron chi connectivity index (χ4n) is 1.41. The zero-order valence-corrected chi connectivity index (χ0v) is 11.0. The number of benzene rings is 1. The first-order chi connectivity index (χ1) is 9.08. The van der Waals surface area contributed by atoms with Crippen molar-refractivity contribution in [2.24, 2.45) is 0 Å². The number of aliphatic hydroxyl groups excluding tert-OH is 1. The molecule has 0 bridgehead atoms. The average molecular weight is 270 g/mol. The fourth-order valence-corrected chi connectivity index (χ4v) is 1.41. The molecule has 0 fully saturated rings. The molecule has 0 heterocycles. The third-order valence-corrected chi connectivity index (χ3v) is 2.36. The number of hydrogen-bond acceptors (Lipinski definition) is 5. The smallest absolute Gasteiger partial charge is 0.339 e. The van der Waals surface area contributed by atoms with Crippen LogP contribution in [0.4, 0.5) is 0 Å². The van der Waals surface area contributed by atoms with Gasteiger partial charge in [-0.1, -0.05) is 0 Å². The van der Waals surface area contributed by atoms with Crippen molar-refractivity contribution in [3.8, 4) is 11.5 Å². The number of aliphatic hydroxyl groups is 1. The summed E-state index contributed by atoms with van der Waals surface area (Å²) < 4.78 is 15.3. The van der Waals surface area contributed by atoms with Crippen LogP contribution in [0.15, 0.2) is 18.2 Å². The molecule has 1 aromatic rings. The Bertz CT molecular complexity index is 418. The minimum absolute atomic E-state index is 0.0180. The highest BCUT2D eigenvalue weighted by Crippen LogP contribution is 2.25. The molecule has 1 atom stereocenters. The molecule has 0 aliphatic carbocycles. The van der Waals surface area contributed by atoms with E-state index in [4.69, 9.17) is 19.3 Å². The molecule has 0 aliphatic rings. The van der Waals surface area contributed by atoms with Crippen LogP contribution in [0.3, 0.4) is 0 Å². The molecular weight excluding hydrogens is 252 g/mol. The molecule has 106 valence electrons. The molecule has 19 heavy (non-hydrogen) atoms. The zero-order valence-electron chi connectivity index (χ0n) is 11.0. The third kappa shape index (κ3) is 4.76. The van der Waals surface area contributed by atoms with Crippen molar-refractivity contribution in [3.05, 3.63) is 23.8 Å². The monoisotopic (exact) mass is 270 g/mol. The van der Waals surface area contributed by atoms with E-state index in [2.05, 4.69) is 0 Å². The molecule has 6 nitrogen and oxygen atoms in total. The molecule has 1 unspecified atom stereocenters. The van der Waals surface area contributed by atoms with Gasteiger partial charge in [-0.15, -0.1) is 0 Å². The Balaban J connectivity index is 2.72. The normalized spacial score (nSPS) is 11.9. The van der Waals surface area contributed by atoms with Gasteiger partial charge in [0, 0.05) is 12.7 Å². The number of aromatic carboxylic acids is 1. The quantitative estimate of drug-likeness (QED) is 0.737. The Kier molecular flexibility index (Phi) is 6.11. The van der Waals surface area contributed by atoms with Crippen LogP contribution >= 0.6 is 0 Å². The Morgan fingerprint density at radius 1 is 1.37 bits per heavy atom. The zero-order chi connectivity index (χ0) is 14.3. The number of carboxylic acids is 1. The predicted octanol–water partition coefficient (Wildman–Crippen LogP) is 1.17. The first-order valence-corrected chi connectivity index (χ1v) is 5.88. The molecule has 0 saturated heterocycles. The number of ether oxygens (including phenoxy) is 3. The molecule has 1 rings (SSSR count). The van der Waals surface area contributed by atoms with Gasteiger partial charge in [-0.2, -0.15) is 0 Å². The predicted molar refractivity (Wildman–Crippen MR) is 67.9 cm³/mol. The van der Waals surface area contributed by atoms with Crippen molar-refractivity contribution in [1.82, 2.24) is 0 Å². The van der Waals surface area contributed by atoms with Gasteiger partial charge in [-0.05, 0) is 19.1 Å². The lowest BCUT2D eigenvalue weighted by Gasteiger charge is -2.14. The summed E-state index contributed by atoms with van der Waals surface area (Å²) in [5.74, 6) is -0.460. The van der Waals surface area contributed by atoms with Crippen molar-refractivity contribution in [1.29, 1.82) is 0 Å². The highest BCUT2D eigenvalue weighted by molar-refractivity contribution is 5.91. The number of hydrogen-bond donors (Lipinski definition) is 2. The summed E-state index contributed by atoms with van der Waals surface area (Å²) in [6.07, 6.45) is -0.812. The van der Waals surface area contributed by atoms with E-state index in [1.165, 1.54) is 25.3 Å². The van der Waals surface area contributed by atoms with Crippen LogP contribution in [-0.4, -0.2) is 49.2 Å². The van der Waals surface area contributed by atoms with E-state index < -0.39 is 12.1 Å². The minimum atomic E-state index is -1.10. The van der Waals surface area contributed by atoms with Gasteiger partial charge in [0.2, 0.25) is 0 Å². The maximum Gasteiger partial charge on any atom is 0.339 e. The second-order valence-electron chi connectivity index (χ2n) is 3.79. The highest BCUT2D eigenvalue weighted by atomic mass is 16.5. The van der Waals surface area contributed by atoms with Crippen LogP contribution in [-0.2, 0) is 4.74 Å². The van der Waals surface area contributed by atoms with E-state index in [0.717, 1.165) is 0 Å².